The summed E-state index contributed by atoms with van der Waals surface area (Å²) >= 11 is 0. The van der Waals surface area contributed by atoms with Crippen LogP contribution in [0.25, 0.3) is 44.2 Å². The fraction of sp³-hybridized carbons (Fsp3) is 0.455. The molecule has 69 heavy (non-hydrogen) atoms. The Kier molecular flexibility index (Phi) is 13.5. The fourth-order valence-corrected chi connectivity index (χ4v) is 11.0. The quantitative estimate of drug-likeness (QED) is 0.0788. The molecule has 0 spiro atoms. The number of methoxy groups -OCH3 is 1. The number of carbonyl (C=O) groups is 4. The van der Waals surface area contributed by atoms with E-state index in [4.69, 9.17) is 19.4 Å². The van der Waals surface area contributed by atoms with Gasteiger partial charge in [-0.1, -0.05) is 106 Å². The minimum absolute atomic E-state index is 0.0484. The topological polar surface area (TPSA) is 175 Å². The van der Waals surface area contributed by atoms with Crippen molar-refractivity contribution in [3.8, 4) is 22.4 Å². The van der Waals surface area contributed by atoms with E-state index in [1.165, 1.54) is 32.8 Å². The number of aromatic nitrogens is 4. The van der Waals surface area contributed by atoms with Crippen LogP contribution >= 0.6 is 0 Å². The highest BCUT2D eigenvalue weighted by atomic mass is 16.5. The summed E-state index contributed by atoms with van der Waals surface area (Å²) in [6, 6.07) is 26.6. The molecule has 4 aliphatic rings. The van der Waals surface area contributed by atoms with E-state index in [0.29, 0.717) is 32.0 Å². The lowest BCUT2D eigenvalue weighted by Gasteiger charge is -2.31. The number of imidazole rings is 2. The second kappa shape index (κ2) is 20.2. The molecule has 4 aromatic carbocycles. The highest BCUT2D eigenvalue weighted by Crippen LogP contribution is 2.40. The van der Waals surface area contributed by atoms with Gasteiger partial charge in [-0.15, -0.1) is 0 Å². The first-order valence-corrected chi connectivity index (χ1v) is 25.1. The molecule has 0 radical (unpaired) electrons. The SMILES string of the molecule is COC(=O)N[C@H](C(=O)N1CCC[C@H]1c1ncc(-c2ccc(-c3ccc4c(ccc5[nH]c([C@@H]6C[C@H](COCC7CCCC7)CN6C(=O)[C@H](NC(=O)C6CCC6)c6ccccc6)nc54)c3)cc2)[nH]1)C(C)C. The molecule has 360 valence electrons. The molecule has 0 bridgehead atoms. The number of carbonyl (C=O) groups excluding carboxylic acids is 4. The highest BCUT2D eigenvalue weighted by molar-refractivity contribution is 6.05. The number of alkyl carbamates (subject to hydrolysis) is 1. The molecular weight excluding hydrogens is 869 g/mol. The lowest BCUT2D eigenvalue weighted by Crippen LogP contribution is -2.51. The molecule has 14 nitrogen and oxygen atoms in total. The molecule has 2 aliphatic heterocycles. The van der Waals surface area contributed by atoms with E-state index in [1.807, 2.05) is 60.2 Å². The molecule has 4 amide bonds. The third-order valence-corrected chi connectivity index (χ3v) is 15.2. The first-order valence-electron chi connectivity index (χ1n) is 25.1. The zero-order valence-corrected chi connectivity index (χ0v) is 39.9. The number of ether oxygens (including phenoxy) is 2. The first-order chi connectivity index (χ1) is 33.6. The summed E-state index contributed by atoms with van der Waals surface area (Å²) in [6.45, 7) is 6.27. The Bertz CT molecular complexity index is 2790. The number of nitrogens with one attached hydrogen (secondary N) is 4. The highest BCUT2D eigenvalue weighted by Gasteiger charge is 2.42. The Hall–Kier alpha value is -6.54. The van der Waals surface area contributed by atoms with Crippen LogP contribution in [0, 0.1) is 23.7 Å². The fourth-order valence-electron chi connectivity index (χ4n) is 11.0. The van der Waals surface area contributed by atoms with Crippen LogP contribution in [0.4, 0.5) is 4.79 Å². The van der Waals surface area contributed by atoms with E-state index in [-0.39, 0.29) is 47.6 Å². The van der Waals surface area contributed by atoms with Crippen molar-refractivity contribution in [2.24, 2.45) is 23.7 Å². The van der Waals surface area contributed by atoms with E-state index >= 15 is 0 Å². The van der Waals surface area contributed by atoms with Crippen molar-refractivity contribution in [2.45, 2.75) is 102 Å². The van der Waals surface area contributed by atoms with Crippen LogP contribution in [0.3, 0.4) is 0 Å². The monoisotopic (exact) mass is 932 g/mol. The minimum Gasteiger partial charge on any atom is -0.453 e. The van der Waals surface area contributed by atoms with Crippen molar-refractivity contribution in [2.75, 3.05) is 33.4 Å². The molecule has 5 atom stereocenters. The summed E-state index contributed by atoms with van der Waals surface area (Å²) in [4.78, 5) is 74.9. The van der Waals surface area contributed by atoms with Gasteiger partial charge in [0.25, 0.3) is 0 Å². The van der Waals surface area contributed by atoms with Crippen LogP contribution in [0.5, 0.6) is 0 Å². The van der Waals surface area contributed by atoms with Crippen LogP contribution in [0.1, 0.15) is 113 Å². The number of fused-ring (bicyclic) bond motifs is 3. The Labute approximate surface area is 403 Å². The maximum atomic E-state index is 14.9. The van der Waals surface area contributed by atoms with Gasteiger partial charge in [-0.25, -0.2) is 14.8 Å². The minimum atomic E-state index is -0.795. The Morgan fingerprint density at radius 3 is 2.23 bits per heavy atom. The average molecular weight is 933 g/mol. The molecule has 4 heterocycles. The van der Waals surface area contributed by atoms with Crippen LogP contribution in [-0.4, -0.2) is 93.0 Å². The van der Waals surface area contributed by atoms with Gasteiger partial charge < -0.3 is 39.9 Å². The average Bonchev–Trinajstić information content (AvgIpc) is 4.22. The van der Waals surface area contributed by atoms with Crippen molar-refractivity contribution >= 4 is 45.6 Å². The molecule has 2 saturated carbocycles. The van der Waals surface area contributed by atoms with E-state index in [9.17, 15) is 19.2 Å². The number of hydrogen-bond donors (Lipinski definition) is 4. The summed E-state index contributed by atoms with van der Waals surface area (Å²) in [5, 5.41) is 7.95. The van der Waals surface area contributed by atoms with Gasteiger partial charge in [-0.05, 0) is 96.6 Å². The maximum absolute atomic E-state index is 14.9. The number of benzene rings is 4. The molecule has 4 N–H and O–H groups in total. The molecular formula is C55H64N8O6. The molecule has 2 saturated heterocycles. The van der Waals surface area contributed by atoms with Gasteiger partial charge in [-0.3, -0.25) is 14.4 Å². The molecule has 2 aliphatic carbocycles. The molecule has 2 aromatic heterocycles. The van der Waals surface area contributed by atoms with Gasteiger partial charge in [0, 0.05) is 36.9 Å². The van der Waals surface area contributed by atoms with Gasteiger partial charge in [0.2, 0.25) is 17.7 Å². The number of H-pyrrole nitrogens is 2. The molecule has 14 heteroatoms. The van der Waals surface area contributed by atoms with Crippen molar-refractivity contribution in [3.63, 3.8) is 0 Å². The number of amides is 4. The van der Waals surface area contributed by atoms with Gasteiger partial charge >= 0.3 is 6.09 Å². The zero-order chi connectivity index (χ0) is 47.6. The maximum Gasteiger partial charge on any atom is 0.407 e. The molecule has 0 unspecified atom stereocenters. The Balaban J connectivity index is 0.873. The number of rotatable bonds is 15. The lowest BCUT2D eigenvalue weighted by atomic mass is 9.84. The Morgan fingerprint density at radius 1 is 0.739 bits per heavy atom. The predicted octanol–water partition coefficient (Wildman–Crippen LogP) is 9.57. The lowest BCUT2D eigenvalue weighted by molar-refractivity contribution is -0.139. The molecule has 6 aromatic rings. The largest absolute Gasteiger partial charge is 0.453 e. The zero-order valence-electron chi connectivity index (χ0n) is 39.9. The third-order valence-electron chi connectivity index (χ3n) is 15.2. The summed E-state index contributed by atoms with van der Waals surface area (Å²) in [6.07, 6.45) is 11.3. The van der Waals surface area contributed by atoms with Gasteiger partial charge in [0.05, 0.1) is 48.7 Å². The van der Waals surface area contributed by atoms with Gasteiger partial charge in [0.15, 0.2) is 0 Å². The smallest absolute Gasteiger partial charge is 0.407 e. The van der Waals surface area contributed by atoms with E-state index in [0.717, 1.165) is 100 Å². The van der Waals surface area contributed by atoms with Crippen LogP contribution in [0.2, 0.25) is 0 Å². The summed E-state index contributed by atoms with van der Waals surface area (Å²) in [5.74, 6) is 1.73. The molecule has 10 rings (SSSR count). The second-order valence-electron chi connectivity index (χ2n) is 20.1. The van der Waals surface area contributed by atoms with Crippen molar-refractivity contribution in [1.29, 1.82) is 0 Å². The summed E-state index contributed by atoms with van der Waals surface area (Å²) < 4.78 is 11.1. The summed E-state index contributed by atoms with van der Waals surface area (Å²) in [5.41, 5.74) is 6.50. The van der Waals surface area contributed by atoms with Gasteiger partial charge in [-0.2, -0.15) is 0 Å². The van der Waals surface area contributed by atoms with Crippen molar-refractivity contribution in [1.82, 2.24) is 40.4 Å². The van der Waals surface area contributed by atoms with E-state index in [2.05, 4.69) is 75.2 Å². The van der Waals surface area contributed by atoms with E-state index in [1.54, 1.807) is 0 Å². The second-order valence-corrected chi connectivity index (χ2v) is 20.1. The van der Waals surface area contributed by atoms with Crippen LogP contribution in [0.15, 0.2) is 91.1 Å². The first kappa shape index (κ1) is 46.2. The van der Waals surface area contributed by atoms with Crippen molar-refractivity contribution in [3.05, 3.63) is 108 Å². The van der Waals surface area contributed by atoms with E-state index < -0.39 is 18.2 Å². The summed E-state index contributed by atoms with van der Waals surface area (Å²) in [7, 11) is 1.30. The normalized spacial score (nSPS) is 20.7. The van der Waals surface area contributed by atoms with Crippen LogP contribution in [-0.2, 0) is 23.9 Å². The van der Waals surface area contributed by atoms with Crippen LogP contribution < -0.4 is 10.6 Å². The number of likely N-dealkylation sites (tertiary alicyclic amines) is 2. The number of nitrogens with zero attached hydrogens (tertiary/aromatic N) is 4. The standard InChI is InChI=1S/C55H64N8O6/c1-33(2)47(61-55(67)68-3)53(65)62-26-10-17-45(62)50-56-29-44(58-50)37-20-18-36(19-21-37)40-22-24-42-41(28-40)23-25-43-49(42)59-51(57-43)46-27-35(32-69-31-34-11-7-8-12-34)30-63(46)54(66)48(38-13-5-4-6-14-38)60-52(64)39-15-9-16-39/h4-6,13-14,18-25,28-29,33-35,39,45-48H,7-12,15-17,26-27,30-32H2,1-3H3,(H,56,58)(H,57,59)(H,60,64)(H,61,67)/t35-,45-,46-,47-,48+/m0/s1. The third kappa shape index (κ3) is 9.73. The van der Waals surface area contributed by atoms with Gasteiger partial charge in [0.1, 0.15) is 23.7 Å². The predicted molar refractivity (Wildman–Crippen MR) is 264 cm³/mol. The Morgan fingerprint density at radius 2 is 1.49 bits per heavy atom. The van der Waals surface area contributed by atoms with Crippen molar-refractivity contribution < 1.29 is 28.7 Å². The number of aromatic amines is 2. The number of hydrogen-bond acceptors (Lipinski definition) is 8. The molecule has 4 fully saturated rings.